The summed E-state index contributed by atoms with van der Waals surface area (Å²) in [4.78, 5) is 26.1. The van der Waals surface area contributed by atoms with Gasteiger partial charge < -0.3 is 14.7 Å². The van der Waals surface area contributed by atoms with E-state index in [1.807, 2.05) is 14.0 Å². The van der Waals surface area contributed by atoms with E-state index in [2.05, 4.69) is 0 Å². The third kappa shape index (κ3) is 2.25. The van der Waals surface area contributed by atoms with Crippen LogP contribution in [0.5, 0.6) is 0 Å². The predicted octanol–water partition coefficient (Wildman–Crippen LogP) is 2.87. The summed E-state index contributed by atoms with van der Waals surface area (Å²) in [7, 11) is 1.83. The van der Waals surface area contributed by atoms with E-state index in [1.165, 1.54) is 12.5 Å². The van der Waals surface area contributed by atoms with Gasteiger partial charge in [0.1, 0.15) is 4.88 Å². The monoisotopic (exact) mass is 323 g/mol. The van der Waals surface area contributed by atoms with Crippen LogP contribution in [-0.4, -0.2) is 47.7 Å². The first-order valence-electron chi connectivity index (χ1n) is 7.71. The number of amides is 1. The zero-order chi connectivity index (χ0) is 15.9. The Hall–Kier alpha value is -1.40. The Kier molecular flexibility index (Phi) is 3.99. The Morgan fingerprint density at radius 2 is 2.09 bits per heavy atom. The number of hydrogen-bond donors (Lipinski definition) is 1. The van der Waals surface area contributed by atoms with Crippen molar-refractivity contribution in [2.75, 3.05) is 13.7 Å². The highest BCUT2D eigenvalue weighted by molar-refractivity contribution is 7.15. The molecular formula is C16H21NO4S. The van der Waals surface area contributed by atoms with Gasteiger partial charge in [0.15, 0.2) is 0 Å². The lowest BCUT2D eigenvalue weighted by molar-refractivity contribution is -0.192. The van der Waals surface area contributed by atoms with Crippen LogP contribution in [0.2, 0.25) is 0 Å². The number of carboxylic acid groups (broad SMARTS) is 1. The van der Waals surface area contributed by atoms with Crippen molar-refractivity contribution < 1.29 is 19.4 Å². The highest BCUT2D eigenvalue weighted by atomic mass is 32.1. The van der Waals surface area contributed by atoms with Gasteiger partial charge in [0.05, 0.1) is 11.0 Å². The number of ether oxygens (including phenoxy) is 1. The van der Waals surface area contributed by atoms with Crippen molar-refractivity contribution in [2.24, 2.45) is 5.41 Å². The smallest absolute Gasteiger partial charge is 0.345 e. The van der Waals surface area contributed by atoms with Crippen LogP contribution in [0, 0.1) is 5.41 Å². The van der Waals surface area contributed by atoms with Gasteiger partial charge in [-0.25, -0.2) is 4.79 Å². The van der Waals surface area contributed by atoms with Crippen molar-refractivity contribution in [1.29, 1.82) is 0 Å². The van der Waals surface area contributed by atoms with Crippen LogP contribution in [0.15, 0.2) is 12.1 Å². The van der Waals surface area contributed by atoms with Crippen LogP contribution in [0.3, 0.4) is 0 Å². The van der Waals surface area contributed by atoms with Crippen LogP contribution in [0.25, 0.3) is 0 Å². The van der Waals surface area contributed by atoms with Gasteiger partial charge in [0, 0.05) is 25.1 Å². The van der Waals surface area contributed by atoms with Crippen LogP contribution in [0.4, 0.5) is 0 Å². The van der Waals surface area contributed by atoms with Gasteiger partial charge in [-0.05, 0) is 38.3 Å². The second-order valence-corrected chi connectivity index (χ2v) is 7.25. The molecule has 1 aromatic heterocycles. The molecule has 3 rings (SSSR count). The molecule has 120 valence electrons. The molecule has 2 fully saturated rings. The molecule has 1 amide bonds. The molecule has 0 radical (unpaired) electrons. The number of nitrogens with zero attached hydrogens (tertiary/aromatic N) is 1. The maximum absolute atomic E-state index is 12.6. The van der Waals surface area contributed by atoms with Crippen molar-refractivity contribution in [3.05, 3.63) is 21.9 Å². The standard InChI is InChI=1S/C16H21NO4S/c1-3-21-13-9-12(16(13)7-4-8-16)17(2)14(18)10-5-6-11(22-10)15(19)20/h5-6,12-13H,3-4,7-9H2,1-2H3,(H,19,20). The van der Waals surface area contributed by atoms with Crippen molar-refractivity contribution in [3.8, 4) is 0 Å². The largest absolute Gasteiger partial charge is 0.477 e. The highest BCUT2D eigenvalue weighted by Crippen LogP contribution is 2.59. The maximum Gasteiger partial charge on any atom is 0.345 e. The lowest BCUT2D eigenvalue weighted by atomic mass is 9.50. The van der Waals surface area contributed by atoms with Gasteiger partial charge in [0.2, 0.25) is 0 Å². The first-order chi connectivity index (χ1) is 10.5. The number of rotatable bonds is 5. The summed E-state index contributed by atoms with van der Waals surface area (Å²) in [5, 5.41) is 8.98. The van der Waals surface area contributed by atoms with Gasteiger partial charge >= 0.3 is 5.97 Å². The first-order valence-corrected chi connectivity index (χ1v) is 8.53. The van der Waals surface area contributed by atoms with E-state index in [0.29, 0.717) is 11.5 Å². The molecule has 0 aromatic carbocycles. The molecular weight excluding hydrogens is 302 g/mol. The molecule has 2 unspecified atom stereocenters. The Bertz CT molecular complexity index is 593. The van der Waals surface area contributed by atoms with Gasteiger partial charge in [0.25, 0.3) is 5.91 Å². The average molecular weight is 323 g/mol. The fourth-order valence-corrected chi connectivity index (χ4v) is 4.66. The highest BCUT2D eigenvalue weighted by Gasteiger charge is 2.60. The molecule has 0 bridgehead atoms. The quantitative estimate of drug-likeness (QED) is 0.905. The molecule has 6 heteroatoms. The number of carboxylic acids is 1. The maximum atomic E-state index is 12.6. The summed E-state index contributed by atoms with van der Waals surface area (Å²) in [6.07, 6.45) is 4.58. The van der Waals surface area contributed by atoms with E-state index in [9.17, 15) is 9.59 Å². The van der Waals surface area contributed by atoms with E-state index in [1.54, 1.807) is 11.0 Å². The summed E-state index contributed by atoms with van der Waals surface area (Å²) in [5.74, 6) is -1.06. The zero-order valence-corrected chi connectivity index (χ0v) is 13.7. The Labute approximate surface area is 133 Å². The van der Waals surface area contributed by atoms with Gasteiger partial charge in [-0.15, -0.1) is 11.3 Å². The van der Waals surface area contributed by atoms with Crippen molar-refractivity contribution in [2.45, 2.75) is 44.8 Å². The van der Waals surface area contributed by atoms with Crippen LogP contribution in [0.1, 0.15) is 52.0 Å². The molecule has 1 aromatic rings. The van der Waals surface area contributed by atoms with E-state index in [-0.39, 0.29) is 28.3 Å². The fraction of sp³-hybridized carbons (Fsp3) is 0.625. The van der Waals surface area contributed by atoms with E-state index >= 15 is 0 Å². The minimum atomic E-state index is -0.984. The molecule has 2 aliphatic carbocycles. The topological polar surface area (TPSA) is 66.8 Å². The van der Waals surface area contributed by atoms with E-state index in [0.717, 1.165) is 30.6 Å². The van der Waals surface area contributed by atoms with Crippen LogP contribution < -0.4 is 0 Å². The van der Waals surface area contributed by atoms with Gasteiger partial charge in [-0.2, -0.15) is 0 Å². The Morgan fingerprint density at radius 3 is 2.59 bits per heavy atom. The number of aromatic carboxylic acids is 1. The Morgan fingerprint density at radius 1 is 1.41 bits per heavy atom. The minimum absolute atomic E-state index is 0.0799. The fourth-order valence-electron chi connectivity index (χ4n) is 3.83. The molecule has 0 saturated heterocycles. The summed E-state index contributed by atoms with van der Waals surface area (Å²) in [6, 6.07) is 3.32. The average Bonchev–Trinajstić information content (AvgIpc) is 2.89. The van der Waals surface area contributed by atoms with Crippen molar-refractivity contribution in [1.82, 2.24) is 4.90 Å². The number of carbonyl (C=O) groups is 2. The molecule has 5 nitrogen and oxygen atoms in total. The number of carbonyl (C=O) groups excluding carboxylic acids is 1. The molecule has 2 atom stereocenters. The van der Waals surface area contributed by atoms with Gasteiger partial charge in [-0.1, -0.05) is 6.42 Å². The van der Waals surface area contributed by atoms with E-state index in [4.69, 9.17) is 9.84 Å². The van der Waals surface area contributed by atoms with Crippen LogP contribution >= 0.6 is 11.3 Å². The summed E-state index contributed by atoms with van der Waals surface area (Å²) in [5.41, 5.74) is 0.132. The molecule has 1 spiro atoms. The van der Waals surface area contributed by atoms with Crippen molar-refractivity contribution >= 4 is 23.2 Å². The lowest BCUT2D eigenvalue weighted by Crippen LogP contribution is -2.67. The third-order valence-electron chi connectivity index (χ3n) is 5.21. The molecule has 1 heterocycles. The summed E-state index contributed by atoms with van der Waals surface area (Å²) in [6.45, 7) is 2.72. The van der Waals surface area contributed by atoms with Crippen LogP contribution in [-0.2, 0) is 4.74 Å². The predicted molar refractivity (Wildman–Crippen MR) is 83.5 cm³/mol. The van der Waals surface area contributed by atoms with Gasteiger partial charge in [-0.3, -0.25) is 4.79 Å². The molecule has 22 heavy (non-hydrogen) atoms. The summed E-state index contributed by atoms with van der Waals surface area (Å²) < 4.78 is 5.82. The molecule has 0 aliphatic heterocycles. The second-order valence-electron chi connectivity index (χ2n) is 6.17. The molecule has 2 saturated carbocycles. The van der Waals surface area contributed by atoms with Crippen molar-refractivity contribution in [3.63, 3.8) is 0 Å². The number of thiophene rings is 1. The zero-order valence-electron chi connectivity index (χ0n) is 12.9. The first kappa shape index (κ1) is 15.5. The third-order valence-corrected chi connectivity index (χ3v) is 6.27. The second kappa shape index (κ2) is 5.66. The SMILES string of the molecule is CCOC1CC(N(C)C(=O)c2ccc(C(=O)O)s2)C12CCC2. The molecule has 1 N–H and O–H groups in total. The van der Waals surface area contributed by atoms with E-state index < -0.39 is 5.97 Å². The number of hydrogen-bond acceptors (Lipinski definition) is 4. The minimum Gasteiger partial charge on any atom is -0.477 e. The molecule has 2 aliphatic rings. The summed E-state index contributed by atoms with van der Waals surface area (Å²) >= 11 is 1.04. The normalized spacial score (nSPS) is 25.4. The lowest BCUT2D eigenvalue weighted by Gasteiger charge is -2.63. The Balaban J connectivity index is 1.72.